The van der Waals surface area contributed by atoms with Gasteiger partial charge in [0.2, 0.25) is 5.95 Å². The molecule has 0 radical (unpaired) electrons. The van der Waals surface area contributed by atoms with Gasteiger partial charge in [0.15, 0.2) is 35.1 Å². The van der Waals surface area contributed by atoms with Crippen LogP contribution < -0.4 is 17.0 Å². The van der Waals surface area contributed by atoms with Gasteiger partial charge in [0.25, 0.3) is 5.56 Å². The molecule has 3 aliphatic rings. The molecule has 0 aromatic carbocycles. The normalized spacial score (nSPS) is 33.5. The molecule has 4 aromatic rings. The van der Waals surface area contributed by atoms with Crippen LogP contribution >= 0.6 is 7.82 Å². The van der Waals surface area contributed by atoms with Crippen LogP contribution in [0.1, 0.15) is 12.5 Å². The SMILES string of the molecule is Nc1nc2c(ncn2[C@@H]2O[C@H](CO)C(O)C2OP(=O)(O)OC[C@]23COC(C2O)[C@H](n2cnc4c(N)ncnc42)O3)c(=O)[nH]1. The number of hydrogen-bond donors (Lipinski definition) is 7. The first-order chi connectivity index (χ1) is 20.5. The maximum Gasteiger partial charge on any atom is 0.472 e. The van der Waals surface area contributed by atoms with E-state index in [9.17, 15) is 29.6 Å². The number of phosphoric ester groups is 1. The van der Waals surface area contributed by atoms with Gasteiger partial charge in [-0.1, -0.05) is 0 Å². The summed E-state index contributed by atoms with van der Waals surface area (Å²) in [5, 5.41) is 31.5. The van der Waals surface area contributed by atoms with Crippen LogP contribution in [0.25, 0.3) is 22.3 Å². The number of fused-ring (bicyclic) bond motifs is 4. The summed E-state index contributed by atoms with van der Waals surface area (Å²) in [7, 11) is -5.05. The van der Waals surface area contributed by atoms with E-state index in [-0.39, 0.29) is 29.5 Å². The molecule has 0 amide bonds. The summed E-state index contributed by atoms with van der Waals surface area (Å²) in [4.78, 5) is 45.4. The first-order valence-corrected chi connectivity index (χ1v) is 14.2. The van der Waals surface area contributed by atoms with Crippen LogP contribution in [-0.4, -0.2) is 115 Å². The van der Waals surface area contributed by atoms with E-state index in [1.165, 1.54) is 21.8 Å². The van der Waals surface area contributed by atoms with Crippen molar-refractivity contribution in [2.45, 2.75) is 48.6 Å². The van der Waals surface area contributed by atoms with E-state index in [2.05, 4.69) is 29.9 Å². The molecule has 7 rings (SSSR count). The topological polar surface area (TPSA) is 303 Å². The number of imidazole rings is 2. The predicted octanol–water partition coefficient (Wildman–Crippen LogP) is -3.10. The van der Waals surface area contributed by atoms with Gasteiger partial charge in [0.1, 0.15) is 48.0 Å². The Balaban J connectivity index is 1.11. The van der Waals surface area contributed by atoms with E-state index in [1.807, 2.05) is 0 Å². The Morgan fingerprint density at radius 3 is 2.63 bits per heavy atom. The number of nitrogens with two attached hydrogens (primary N) is 2. The van der Waals surface area contributed by atoms with Gasteiger partial charge < -0.3 is 45.9 Å². The van der Waals surface area contributed by atoms with Gasteiger partial charge in [0, 0.05) is 0 Å². The van der Waals surface area contributed by atoms with E-state index in [0.717, 1.165) is 6.33 Å². The molecule has 0 saturated carbocycles. The third-order valence-corrected chi connectivity index (χ3v) is 8.58. The molecule has 0 aliphatic carbocycles. The molecular weight excluding hydrogens is 599 g/mol. The molecular formula is C21H25N10O11P. The number of hydrogen-bond acceptors (Lipinski definition) is 17. The second-order valence-electron chi connectivity index (χ2n) is 10.2. The minimum absolute atomic E-state index is 0.0695. The molecule has 5 unspecified atom stereocenters. The lowest BCUT2D eigenvalue weighted by Crippen LogP contribution is -2.45. The first-order valence-electron chi connectivity index (χ1n) is 12.7. The van der Waals surface area contributed by atoms with Crippen molar-refractivity contribution in [3.05, 3.63) is 29.3 Å². The quantitative estimate of drug-likeness (QED) is 0.0955. The Hall–Kier alpha value is -3.63. The highest BCUT2D eigenvalue weighted by molar-refractivity contribution is 7.47. The highest BCUT2D eigenvalue weighted by Gasteiger charge is 2.63. The highest BCUT2D eigenvalue weighted by Crippen LogP contribution is 2.53. The van der Waals surface area contributed by atoms with Gasteiger partial charge in [-0.2, -0.15) is 4.98 Å². The molecule has 2 bridgehead atoms. The van der Waals surface area contributed by atoms with Crippen LogP contribution in [0, 0.1) is 0 Å². The first kappa shape index (κ1) is 28.2. The standard InChI is InChI=1S/C21H25N10O11P/c22-14-8-15(25-4-24-14)30(5-26-8)19-12-13(34)21(41-19,2-38-12)3-39-43(36,37)42-11-10(33)7(1-32)40-18(11)31-6-27-9-16(31)28-20(23)29-17(9)35/h4-7,10-13,18-19,32-34H,1-3H2,(H,36,37)(H2,22,24,25)(H3,23,28,29,35)/t7-,10?,11?,12?,13?,18-,19-,21-/m1/s1. The number of H-pyrrole nitrogens is 1. The smallest absolute Gasteiger partial charge is 0.394 e. The highest BCUT2D eigenvalue weighted by atomic mass is 31.2. The van der Waals surface area contributed by atoms with Crippen molar-refractivity contribution < 1.29 is 48.0 Å². The van der Waals surface area contributed by atoms with Crippen LogP contribution in [0.15, 0.2) is 23.8 Å². The Bertz CT molecular complexity index is 1820. The number of ether oxygens (including phenoxy) is 3. The maximum atomic E-state index is 13.2. The van der Waals surface area contributed by atoms with Crippen molar-refractivity contribution in [1.29, 1.82) is 0 Å². The summed E-state index contributed by atoms with van der Waals surface area (Å²) >= 11 is 0. The molecule has 4 aromatic heterocycles. The number of aromatic amines is 1. The minimum atomic E-state index is -5.05. The number of nitrogens with one attached hydrogen (secondary N) is 1. The molecule has 230 valence electrons. The van der Waals surface area contributed by atoms with Gasteiger partial charge in [-0.25, -0.2) is 24.5 Å². The monoisotopic (exact) mass is 624 g/mol. The van der Waals surface area contributed by atoms with E-state index in [0.29, 0.717) is 11.2 Å². The number of aliphatic hydroxyl groups is 3. The summed E-state index contributed by atoms with van der Waals surface area (Å²) in [6, 6.07) is 0. The lowest BCUT2D eigenvalue weighted by atomic mass is 10.0. The van der Waals surface area contributed by atoms with E-state index < -0.39 is 75.2 Å². The summed E-state index contributed by atoms with van der Waals surface area (Å²) in [6.45, 7) is -1.54. The number of aliphatic hydroxyl groups excluding tert-OH is 3. The number of nitrogen functional groups attached to an aromatic ring is 2. The second kappa shape index (κ2) is 9.95. The summed E-state index contributed by atoms with van der Waals surface area (Å²) in [6.07, 6.45) is -5.28. The molecule has 3 fully saturated rings. The zero-order chi connectivity index (χ0) is 30.3. The third-order valence-electron chi connectivity index (χ3n) is 7.61. The summed E-state index contributed by atoms with van der Waals surface area (Å²) in [5.41, 5.74) is 9.69. The van der Waals surface area contributed by atoms with Crippen molar-refractivity contribution >= 4 is 41.9 Å². The van der Waals surface area contributed by atoms with E-state index >= 15 is 0 Å². The van der Waals surface area contributed by atoms with Gasteiger partial charge in [-0.05, 0) is 0 Å². The molecule has 9 N–H and O–H groups in total. The van der Waals surface area contributed by atoms with Gasteiger partial charge >= 0.3 is 7.82 Å². The van der Waals surface area contributed by atoms with E-state index in [4.69, 9.17) is 34.7 Å². The number of rotatable bonds is 8. The Morgan fingerprint density at radius 1 is 1.12 bits per heavy atom. The third kappa shape index (κ3) is 4.40. The van der Waals surface area contributed by atoms with Crippen LogP contribution in [0.2, 0.25) is 0 Å². The number of aromatic nitrogens is 8. The average molecular weight is 624 g/mol. The van der Waals surface area contributed by atoms with E-state index in [1.54, 1.807) is 0 Å². The summed E-state index contributed by atoms with van der Waals surface area (Å²) < 4.78 is 43.9. The largest absolute Gasteiger partial charge is 0.472 e. The fourth-order valence-electron chi connectivity index (χ4n) is 5.51. The van der Waals surface area contributed by atoms with Crippen LogP contribution in [-0.2, 0) is 27.8 Å². The molecule has 7 heterocycles. The molecule has 3 aliphatic heterocycles. The zero-order valence-electron chi connectivity index (χ0n) is 21.8. The van der Waals surface area contributed by atoms with Gasteiger partial charge in [-0.15, -0.1) is 0 Å². The number of anilines is 2. The molecule has 43 heavy (non-hydrogen) atoms. The van der Waals surface area contributed by atoms with Crippen LogP contribution in [0.4, 0.5) is 11.8 Å². The van der Waals surface area contributed by atoms with Gasteiger partial charge in [-0.3, -0.25) is 28.0 Å². The Kier molecular flexibility index (Phi) is 6.52. The van der Waals surface area contributed by atoms with Crippen molar-refractivity contribution in [2.75, 3.05) is 31.3 Å². The number of phosphoric acid groups is 1. The second-order valence-corrected chi connectivity index (χ2v) is 11.6. The predicted molar refractivity (Wildman–Crippen MR) is 139 cm³/mol. The molecule has 0 spiro atoms. The number of nitrogens with zero attached hydrogens (tertiary/aromatic N) is 7. The lowest BCUT2D eigenvalue weighted by Gasteiger charge is -2.31. The van der Waals surface area contributed by atoms with Crippen LogP contribution in [0.5, 0.6) is 0 Å². The fourth-order valence-corrected chi connectivity index (χ4v) is 6.49. The van der Waals surface area contributed by atoms with Crippen molar-refractivity contribution in [3.63, 3.8) is 0 Å². The van der Waals surface area contributed by atoms with Crippen molar-refractivity contribution in [3.8, 4) is 0 Å². The van der Waals surface area contributed by atoms with Crippen LogP contribution in [0.3, 0.4) is 0 Å². The Labute approximate surface area is 238 Å². The molecule has 3 saturated heterocycles. The molecule has 21 nitrogen and oxygen atoms in total. The van der Waals surface area contributed by atoms with Crippen molar-refractivity contribution in [1.82, 2.24) is 39.0 Å². The molecule has 22 heteroatoms. The lowest BCUT2D eigenvalue weighted by molar-refractivity contribution is -0.184. The van der Waals surface area contributed by atoms with Crippen molar-refractivity contribution in [2.24, 2.45) is 0 Å². The molecule has 9 atom stereocenters. The Morgan fingerprint density at radius 2 is 1.86 bits per heavy atom. The summed E-state index contributed by atoms with van der Waals surface area (Å²) in [5.74, 6) is -0.103. The minimum Gasteiger partial charge on any atom is -0.394 e. The fraction of sp³-hybridized carbons (Fsp3) is 0.524. The maximum absolute atomic E-state index is 13.2. The average Bonchev–Trinajstić information content (AvgIpc) is 3.77. The van der Waals surface area contributed by atoms with Gasteiger partial charge in [0.05, 0.1) is 32.5 Å². The zero-order valence-corrected chi connectivity index (χ0v) is 22.7.